The number of esters is 1. The third kappa shape index (κ3) is 4.09. The van der Waals surface area contributed by atoms with Crippen LogP contribution in [-0.2, 0) is 4.74 Å². The number of piperidine rings is 1. The standard InChI is InChI=1S/C23H26N4O3/c1-14(2)29-23(28)20-10-15(3)4-8-21(20)30-19-11-17-6-7-18(12-19)27(17)22-9-5-16(13-24)25-26-22/h4-5,8-10,14,17-19H,6-7,11-12H2,1-3H3/t17-,18+,19+. The van der Waals surface area contributed by atoms with Gasteiger partial charge in [0.15, 0.2) is 11.5 Å². The van der Waals surface area contributed by atoms with Crippen LogP contribution >= 0.6 is 0 Å². The van der Waals surface area contributed by atoms with Gasteiger partial charge < -0.3 is 14.4 Å². The van der Waals surface area contributed by atoms with Gasteiger partial charge in [-0.05, 0) is 57.9 Å². The Kier molecular flexibility index (Phi) is 5.58. The summed E-state index contributed by atoms with van der Waals surface area (Å²) in [6, 6.07) is 11.9. The Morgan fingerprint density at radius 2 is 1.90 bits per heavy atom. The van der Waals surface area contributed by atoms with Crippen molar-refractivity contribution < 1.29 is 14.3 Å². The molecule has 156 valence electrons. The smallest absolute Gasteiger partial charge is 0.342 e. The molecule has 0 amide bonds. The molecule has 0 aliphatic carbocycles. The summed E-state index contributed by atoms with van der Waals surface area (Å²) in [5.74, 6) is 1.05. The second kappa shape index (κ2) is 8.31. The number of aromatic nitrogens is 2. The number of rotatable bonds is 5. The Balaban J connectivity index is 1.49. The third-order valence-corrected chi connectivity index (χ3v) is 5.71. The van der Waals surface area contributed by atoms with Crippen LogP contribution in [0.1, 0.15) is 61.1 Å². The van der Waals surface area contributed by atoms with Crippen molar-refractivity contribution in [1.29, 1.82) is 5.26 Å². The fourth-order valence-corrected chi connectivity index (χ4v) is 4.48. The maximum absolute atomic E-state index is 12.6. The number of hydrogen-bond acceptors (Lipinski definition) is 7. The van der Waals surface area contributed by atoms with Gasteiger partial charge in [-0.1, -0.05) is 11.6 Å². The van der Waals surface area contributed by atoms with Crippen molar-refractivity contribution >= 4 is 11.8 Å². The van der Waals surface area contributed by atoms with E-state index < -0.39 is 0 Å². The molecule has 0 unspecified atom stereocenters. The SMILES string of the molecule is Cc1ccc(O[C@H]2C[C@H]3CC[C@@H](C2)N3c2ccc(C#N)nn2)c(C(=O)OC(C)C)c1. The topological polar surface area (TPSA) is 88.3 Å². The van der Waals surface area contributed by atoms with Crippen molar-refractivity contribution in [2.45, 2.75) is 70.7 Å². The van der Waals surface area contributed by atoms with Crippen LogP contribution in [0.4, 0.5) is 5.82 Å². The number of hydrogen-bond donors (Lipinski definition) is 0. The van der Waals surface area contributed by atoms with Crippen LogP contribution in [0.2, 0.25) is 0 Å². The van der Waals surface area contributed by atoms with E-state index >= 15 is 0 Å². The van der Waals surface area contributed by atoms with Gasteiger partial charge in [0.05, 0.1) is 6.10 Å². The molecule has 2 bridgehead atoms. The van der Waals surface area contributed by atoms with E-state index in [2.05, 4.69) is 15.1 Å². The average molecular weight is 406 g/mol. The van der Waals surface area contributed by atoms with E-state index in [1.807, 2.05) is 51.1 Å². The highest BCUT2D eigenvalue weighted by Gasteiger charge is 2.42. The molecule has 7 nitrogen and oxygen atoms in total. The lowest BCUT2D eigenvalue weighted by molar-refractivity contribution is 0.0369. The molecule has 2 aliphatic heterocycles. The molecule has 2 saturated heterocycles. The summed E-state index contributed by atoms with van der Waals surface area (Å²) >= 11 is 0. The van der Waals surface area contributed by atoms with Gasteiger partial charge in [-0.2, -0.15) is 5.26 Å². The Morgan fingerprint density at radius 3 is 2.50 bits per heavy atom. The van der Waals surface area contributed by atoms with Gasteiger partial charge in [-0.15, -0.1) is 10.2 Å². The van der Waals surface area contributed by atoms with E-state index in [1.165, 1.54) is 0 Å². The largest absolute Gasteiger partial charge is 0.489 e. The second-order valence-corrected chi connectivity index (χ2v) is 8.35. The van der Waals surface area contributed by atoms with Gasteiger partial charge in [0.2, 0.25) is 0 Å². The Labute approximate surface area is 176 Å². The number of carbonyl (C=O) groups excluding carboxylic acids is 1. The molecule has 3 atom stereocenters. The van der Waals surface area contributed by atoms with Crippen molar-refractivity contribution in [2.24, 2.45) is 0 Å². The minimum absolute atomic E-state index is 0.0263. The first kappa shape index (κ1) is 20.1. The number of anilines is 1. The lowest BCUT2D eigenvalue weighted by Crippen LogP contribution is -2.47. The first-order valence-electron chi connectivity index (χ1n) is 10.4. The van der Waals surface area contributed by atoms with Crippen molar-refractivity contribution in [1.82, 2.24) is 10.2 Å². The number of nitrogens with zero attached hydrogens (tertiary/aromatic N) is 4. The van der Waals surface area contributed by atoms with Gasteiger partial charge in [-0.25, -0.2) is 4.79 Å². The molecule has 0 N–H and O–H groups in total. The zero-order valence-electron chi connectivity index (χ0n) is 17.5. The molecule has 1 aromatic carbocycles. The van der Waals surface area contributed by atoms with E-state index in [0.29, 0.717) is 29.1 Å². The first-order chi connectivity index (χ1) is 14.4. The molecule has 4 rings (SSSR count). The zero-order chi connectivity index (χ0) is 21.3. The van der Waals surface area contributed by atoms with Crippen molar-refractivity contribution in [3.05, 3.63) is 47.2 Å². The molecule has 30 heavy (non-hydrogen) atoms. The monoisotopic (exact) mass is 406 g/mol. The van der Waals surface area contributed by atoms with E-state index in [4.69, 9.17) is 14.7 Å². The highest BCUT2D eigenvalue weighted by atomic mass is 16.5. The molecular formula is C23H26N4O3. The van der Waals surface area contributed by atoms with Crippen molar-refractivity contribution in [2.75, 3.05) is 4.90 Å². The van der Waals surface area contributed by atoms with Gasteiger partial charge in [-0.3, -0.25) is 0 Å². The summed E-state index contributed by atoms with van der Waals surface area (Å²) in [5.41, 5.74) is 1.80. The quantitative estimate of drug-likeness (QED) is 0.698. The van der Waals surface area contributed by atoms with Crippen LogP contribution < -0.4 is 9.64 Å². The molecule has 0 spiro atoms. The average Bonchev–Trinajstić information content (AvgIpc) is 2.99. The van der Waals surface area contributed by atoms with Crippen LogP contribution in [0.15, 0.2) is 30.3 Å². The summed E-state index contributed by atoms with van der Waals surface area (Å²) in [6.45, 7) is 5.63. The molecule has 1 aromatic heterocycles. The highest BCUT2D eigenvalue weighted by molar-refractivity contribution is 5.92. The Bertz CT molecular complexity index is 953. The summed E-state index contributed by atoms with van der Waals surface area (Å²) < 4.78 is 11.7. The van der Waals surface area contributed by atoms with E-state index in [1.54, 1.807) is 6.07 Å². The molecule has 3 heterocycles. The predicted octanol–water partition coefficient (Wildman–Crippen LogP) is 3.80. The molecular weight excluding hydrogens is 380 g/mol. The minimum Gasteiger partial charge on any atom is -0.489 e. The number of benzene rings is 1. The molecule has 2 aliphatic rings. The van der Waals surface area contributed by atoms with Crippen molar-refractivity contribution in [3.63, 3.8) is 0 Å². The first-order valence-corrected chi connectivity index (χ1v) is 10.4. The number of aryl methyl sites for hydroxylation is 1. The maximum Gasteiger partial charge on any atom is 0.342 e. The van der Waals surface area contributed by atoms with Crippen LogP contribution in [0, 0.1) is 18.3 Å². The van der Waals surface area contributed by atoms with Gasteiger partial charge in [0.1, 0.15) is 23.5 Å². The fourth-order valence-electron chi connectivity index (χ4n) is 4.48. The minimum atomic E-state index is -0.350. The predicted molar refractivity (Wildman–Crippen MR) is 111 cm³/mol. The zero-order valence-corrected chi connectivity index (χ0v) is 17.5. The highest BCUT2D eigenvalue weighted by Crippen LogP contribution is 2.40. The molecule has 0 saturated carbocycles. The second-order valence-electron chi connectivity index (χ2n) is 8.35. The van der Waals surface area contributed by atoms with Crippen LogP contribution in [-0.4, -0.2) is 40.5 Å². The Hall–Kier alpha value is -3.14. The van der Waals surface area contributed by atoms with Crippen LogP contribution in [0.5, 0.6) is 5.75 Å². The normalized spacial score (nSPS) is 22.6. The van der Waals surface area contributed by atoms with Gasteiger partial charge >= 0.3 is 5.97 Å². The lowest BCUT2D eigenvalue weighted by atomic mass is 9.99. The lowest BCUT2D eigenvalue weighted by Gasteiger charge is -2.39. The summed E-state index contributed by atoms with van der Waals surface area (Å²) in [7, 11) is 0. The fraction of sp³-hybridized carbons (Fsp3) is 0.478. The van der Waals surface area contributed by atoms with Crippen LogP contribution in [0.3, 0.4) is 0 Å². The molecule has 7 heteroatoms. The van der Waals surface area contributed by atoms with Gasteiger partial charge in [0.25, 0.3) is 0 Å². The maximum atomic E-state index is 12.6. The number of fused-ring (bicyclic) bond motifs is 2. The van der Waals surface area contributed by atoms with Crippen LogP contribution in [0.25, 0.3) is 0 Å². The molecule has 2 aromatic rings. The van der Waals surface area contributed by atoms with Gasteiger partial charge in [0, 0.05) is 24.9 Å². The number of nitriles is 1. The third-order valence-electron chi connectivity index (χ3n) is 5.71. The summed E-state index contributed by atoms with van der Waals surface area (Å²) in [6.07, 6.45) is 3.69. The van der Waals surface area contributed by atoms with Crippen molar-refractivity contribution in [3.8, 4) is 11.8 Å². The van der Waals surface area contributed by atoms with E-state index in [9.17, 15) is 4.79 Å². The number of carbonyl (C=O) groups is 1. The van der Waals surface area contributed by atoms with E-state index in [0.717, 1.165) is 37.1 Å². The summed E-state index contributed by atoms with van der Waals surface area (Å²) in [5, 5.41) is 17.2. The molecule has 0 radical (unpaired) electrons. The molecule has 2 fully saturated rings. The number of ether oxygens (including phenoxy) is 2. The Morgan fingerprint density at radius 1 is 1.17 bits per heavy atom. The summed E-state index contributed by atoms with van der Waals surface area (Å²) in [4.78, 5) is 14.9. The van der Waals surface area contributed by atoms with E-state index in [-0.39, 0.29) is 18.2 Å².